The molecule has 3 atom stereocenters. The molecule has 5 rings (SSSR count). The number of nitrogens with zero attached hydrogens (tertiary/aromatic N) is 1. The van der Waals surface area contributed by atoms with Crippen LogP contribution in [0.5, 0.6) is 17.2 Å². The predicted molar refractivity (Wildman–Crippen MR) is 131 cm³/mol. The van der Waals surface area contributed by atoms with Crippen molar-refractivity contribution in [3.63, 3.8) is 0 Å². The zero-order valence-electron chi connectivity index (χ0n) is 19.5. The van der Waals surface area contributed by atoms with Crippen LogP contribution in [0.15, 0.2) is 72.8 Å². The number of benzene rings is 3. The van der Waals surface area contributed by atoms with E-state index in [-0.39, 0.29) is 42.1 Å². The van der Waals surface area contributed by atoms with Gasteiger partial charge in [0.05, 0.1) is 12.0 Å². The summed E-state index contributed by atoms with van der Waals surface area (Å²) >= 11 is 0. The van der Waals surface area contributed by atoms with Crippen molar-refractivity contribution in [1.82, 2.24) is 4.90 Å². The van der Waals surface area contributed by atoms with Gasteiger partial charge in [-0.15, -0.1) is 0 Å². The highest BCUT2D eigenvalue weighted by atomic mass is 16.5. The number of Topliss-reactive ketones (excluding diaryl/α,β-unsaturated/α-hetero) is 1. The maximum atomic E-state index is 14.1. The molecule has 36 heavy (non-hydrogen) atoms. The van der Waals surface area contributed by atoms with E-state index in [2.05, 4.69) is 0 Å². The Morgan fingerprint density at radius 3 is 2.53 bits per heavy atom. The molecule has 2 aliphatic heterocycles. The van der Waals surface area contributed by atoms with Crippen molar-refractivity contribution in [2.75, 3.05) is 13.2 Å². The van der Waals surface area contributed by atoms with Gasteiger partial charge in [0.2, 0.25) is 11.8 Å². The number of fused-ring (bicyclic) bond motifs is 1. The molecule has 0 aliphatic carbocycles. The molecule has 2 saturated heterocycles. The minimum Gasteiger partial charge on any atom is -0.508 e. The molecule has 0 aromatic heterocycles. The first-order valence-corrected chi connectivity index (χ1v) is 11.8. The van der Waals surface area contributed by atoms with Gasteiger partial charge in [0, 0.05) is 17.7 Å². The van der Waals surface area contributed by atoms with Gasteiger partial charge >= 0.3 is 0 Å². The molecule has 3 aromatic rings. The summed E-state index contributed by atoms with van der Waals surface area (Å²) in [6.45, 7) is 0.363. The van der Waals surface area contributed by atoms with Gasteiger partial charge in [0.15, 0.2) is 5.78 Å². The lowest BCUT2D eigenvalue weighted by atomic mass is 9.86. The van der Waals surface area contributed by atoms with E-state index < -0.39 is 17.9 Å². The fraction of sp³-hybridized carbons (Fsp3) is 0.250. The lowest BCUT2D eigenvalue weighted by molar-refractivity contribution is -0.137. The van der Waals surface area contributed by atoms with E-state index in [1.54, 1.807) is 59.5 Å². The van der Waals surface area contributed by atoms with E-state index in [0.29, 0.717) is 30.0 Å². The Morgan fingerprint density at radius 2 is 1.81 bits per heavy atom. The average molecular weight is 487 g/mol. The molecule has 0 bridgehead atoms. The van der Waals surface area contributed by atoms with Crippen molar-refractivity contribution in [3.05, 3.63) is 89.5 Å². The Bertz CT molecular complexity index is 1290. The number of phenols is 1. The molecule has 3 N–H and O–H groups in total. The highest BCUT2D eigenvalue weighted by molar-refractivity contribution is 5.99. The number of hydrogen-bond donors (Lipinski definition) is 2. The van der Waals surface area contributed by atoms with Crippen LogP contribution in [0.2, 0.25) is 0 Å². The fourth-order valence-corrected chi connectivity index (χ4v) is 5.05. The number of rotatable bonds is 7. The number of carbonyl (C=O) groups is 3. The van der Waals surface area contributed by atoms with E-state index in [1.165, 1.54) is 0 Å². The summed E-state index contributed by atoms with van der Waals surface area (Å²) in [7, 11) is 0. The third-order valence-corrected chi connectivity index (χ3v) is 6.72. The number of primary amides is 1. The number of para-hydroxylation sites is 1. The first-order chi connectivity index (χ1) is 17.4. The monoisotopic (exact) mass is 486 g/mol. The number of likely N-dealkylation sites (tertiary alicyclic amines) is 1. The molecule has 184 valence electrons. The quantitative estimate of drug-likeness (QED) is 0.530. The van der Waals surface area contributed by atoms with Crippen molar-refractivity contribution in [1.29, 1.82) is 0 Å². The molecule has 3 aromatic carbocycles. The van der Waals surface area contributed by atoms with Gasteiger partial charge < -0.3 is 25.2 Å². The van der Waals surface area contributed by atoms with Crippen LogP contribution in [0.3, 0.4) is 0 Å². The van der Waals surface area contributed by atoms with E-state index in [1.807, 2.05) is 18.2 Å². The summed E-state index contributed by atoms with van der Waals surface area (Å²) in [5, 5.41) is 9.74. The maximum Gasteiger partial charge on any atom is 0.249 e. The Morgan fingerprint density at radius 1 is 1.06 bits per heavy atom. The van der Waals surface area contributed by atoms with E-state index in [9.17, 15) is 19.5 Å². The zero-order chi connectivity index (χ0) is 25.2. The fourth-order valence-electron chi connectivity index (χ4n) is 5.05. The Hall–Kier alpha value is -4.17. The van der Waals surface area contributed by atoms with Crippen molar-refractivity contribution in [3.8, 4) is 17.2 Å². The van der Waals surface area contributed by atoms with Crippen LogP contribution in [0, 0.1) is 0 Å². The number of amides is 2. The first kappa shape index (κ1) is 23.6. The van der Waals surface area contributed by atoms with Crippen LogP contribution in [0.4, 0.5) is 0 Å². The third-order valence-electron chi connectivity index (χ3n) is 6.72. The first-order valence-electron chi connectivity index (χ1n) is 11.8. The van der Waals surface area contributed by atoms with Crippen molar-refractivity contribution in [2.24, 2.45) is 5.73 Å². The highest BCUT2D eigenvalue weighted by Gasteiger charge is 2.48. The second-order valence-electron chi connectivity index (χ2n) is 9.00. The summed E-state index contributed by atoms with van der Waals surface area (Å²) in [5.74, 6) is -1.02. The molecule has 2 amide bonds. The van der Waals surface area contributed by atoms with E-state index in [4.69, 9.17) is 15.2 Å². The molecule has 2 heterocycles. The van der Waals surface area contributed by atoms with E-state index in [0.717, 1.165) is 5.56 Å². The number of ether oxygens (including phenoxy) is 2. The molecule has 2 fully saturated rings. The van der Waals surface area contributed by atoms with E-state index >= 15 is 0 Å². The largest absolute Gasteiger partial charge is 0.508 e. The smallest absolute Gasteiger partial charge is 0.249 e. The lowest BCUT2D eigenvalue weighted by Gasteiger charge is -2.29. The van der Waals surface area contributed by atoms with Gasteiger partial charge in [-0.05, 0) is 54.8 Å². The summed E-state index contributed by atoms with van der Waals surface area (Å²) in [6, 6.07) is 19.9. The van der Waals surface area contributed by atoms with Crippen LogP contribution < -0.4 is 10.5 Å². The number of ketones is 1. The second kappa shape index (κ2) is 9.83. The van der Waals surface area contributed by atoms with Gasteiger partial charge in [-0.3, -0.25) is 14.4 Å². The van der Waals surface area contributed by atoms with Crippen LogP contribution in [0.1, 0.15) is 33.8 Å². The van der Waals surface area contributed by atoms with Crippen molar-refractivity contribution in [2.45, 2.75) is 30.9 Å². The zero-order valence-corrected chi connectivity index (χ0v) is 19.5. The van der Waals surface area contributed by atoms with Gasteiger partial charge in [-0.2, -0.15) is 0 Å². The number of carbonyl (C=O) groups excluding carboxylic acids is 3. The van der Waals surface area contributed by atoms with Crippen LogP contribution in [0.25, 0.3) is 0 Å². The Kier molecular flexibility index (Phi) is 6.43. The van der Waals surface area contributed by atoms with Crippen LogP contribution in [-0.2, 0) is 20.7 Å². The van der Waals surface area contributed by atoms with Crippen molar-refractivity contribution < 1.29 is 29.0 Å². The van der Waals surface area contributed by atoms with Crippen LogP contribution in [-0.4, -0.2) is 52.9 Å². The third kappa shape index (κ3) is 4.55. The molecular weight excluding hydrogens is 460 g/mol. The van der Waals surface area contributed by atoms with Gasteiger partial charge in [-0.1, -0.05) is 36.4 Å². The van der Waals surface area contributed by atoms with Gasteiger partial charge in [0.1, 0.15) is 29.9 Å². The minimum absolute atomic E-state index is 0.0119. The number of nitrogens with two attached hydrogens (primary N) is 1. The molecule has 0 radical (unpaired) electrons. The molecule has 8 nitrogen and oxygen atoms in total. The summed E-state index contributed by atoms with van der Waals surface area (Å²) < 4.78 is 11.7. The molecule has 8 heteroatoms. The Labute approximate surface area is 208 Å². The topological polar surface area (TPSA) is 119 Å². The number of phenolic OH excluding ortho intramolecular Hbond substituents is 1. The predicted octanol–water partition coefficient (Wildman–Crippen LogP) is 3.18. The van der Waals surface area contributed by atoms with Crippen molar-refractivity contribution >= 4 is 17.6 Å². The normalized spacial score (nSPS) is 19.7. The number of aromatic hydroxyl groups is 1. The SMILES string of the molecule is NC(=O)c1cccc(Oc2ccccc2)c1C(Cc1ccc(O)cc1)C(=O)N1CCC2OCC(=O)C21. The standard InChI is InChI=1S/C28H26N2O6/c29-27(33)20-7-4-8-23(36-19-5-2-1-3-6-19)25(20)21(15-17-9-11-18(31)12-10-17)28(34)30-14-13-24-26(30)22(32)16-35-24/h1-12,21,24,26,31H,13-16H2,(H2,29,33). The van der Waals surface area contributed by atoms with Gasteiger partial charge in [0.25, 0.3) is 0 Å². The van der Waals surface area contributed by atoms with Crippen LogP contribution >= 0.6 is 0 Å². The summed E-state index contributed by atoms with van der Waals surface area (Å²) in [4.78, 5) is 40.8. The minimum atomic E-state index is -0.871. The number of hydrogen-bond acceptors (Lipinski definition) is 6. The second-order valence-corrected chi connectivity index (χ2v) is 9.00. The van der Waals surface area contributed by atoms with Gasteiger partial charge in [-0.25, -0.2) is 0 Å². The molecule has 0 saturated carbocycles. The molecule has 3 unspecified atom stereocenters. The summed E-state index contributed by atoms with van der Waals surface area (Å²) in [6.07, 6.45) is 0.457. The average Bonchev–Trinajstić information content (AvgIpc) is 3.47. The molecule has 2 aliphatic rings. The summed E-state index contributed by atoms with van der Waals surface area (Å²) in [5.41, 5.74) is 7.06. The lowest BCUT2D eigenvalue weighted by Crippen LogP contribution is -2.44. The maximum absolute atomic E-state index is 14.1. The molecular formula is C28H26N2O6. The molecule has 0 spiro atoms. The Balaban J connectivity index is 1.61. The highest BCUT2D eigenvalue weighted by Crippen LogP contribution is 2.39.